The first-order valence-electron chi connectivity index (χ1n) is 5.41. The van der Waals surface area contributed by atoms with E-state index in [9.17, 15) is 4.79 Å². The number of rotatable bonds is 7. The number of unbranched alkanes of at least 4 members (excludes halogenated alkanes) is 5. The summed E-state index contributed by atoms with van der Waals surface area (Å²) < 4.78 is 9.10. The van der Waals surface area contributed by atoms with Gasteiger partial charge in [0.2, 0.25) is 0 Å². The van der Waals surface area contributed by atoms with Crippen LogP contribution in [0.3, 0.4) is 0 Å². The molecule has 0 heterocycles. The summed E-state index contributed by atoms with van der Waals surface area (Å²) in [4.78, 5) is 10.6. The van der Waals surface area contributed by atoms with Crippen LogP contribution >= 0.6 is 0 Å². The van der Waals surface area contributed by atoms with Gasteiger partial charge in [0.1, 0.15) is 0 Å². The molecule has 3 nitrogen and oxygen atoms in total. The Bertz CT molecular complexity index is 213. The van der Waals surface area contributed by atoms with Crippen LogP contribution in [0.15, 0.2) is 0 Å². The summed E-state index contributed by atoms with van der Waals surface area (Å²) >= 11 is 0. The first-order valence-corrected chi connectivity index (χ1v) is 5.41. The maximum atomic E-state index is 10.6. The molecular formula is C12H20O3. The molecule has 86 valence electrons. The first-order chi connectivity index (χ1) is 7.31. The number of carbonyl (C=O) groups is 1. The lowest BCUT2D eigenvalue weighted by Crippen LogP contribution is -2.05. The summed E-state index contributed by atoms with van der Waals surface area (Å²) in [5, 5.41) is 0. The fraction of sp³-hybridized carbons (Fsp3) is 0.750. The van der Waals surface area contributed by atoms with Crippen LogP contribution in [0.2, 0.25) is 0 Å². The lowest BCUT2D eigenvalue weighted by atomic mass is 10.1. The summed E-state index contributed by atoms with van der Waals surface area (Å²) in [7, 11) is 1.32. The van der Waals surface area contributed by atoms with Crippen molar-refractivity contribution >= 4 is 6.16 Å². The van der Waals surface area contributed by atoms with E-state index in [4.69, 9.17) is 4.74 Å². The van der Waals surface area contributed by atoms with E-state index in [0.717, 1.165) is 19.3 Å². The van der Waals surface area contributed by atoms with Crippen LogP contribution in [0.1, 0.15) is 45.4 Å². The molecule has 0 unspecified atom stereocenters. The summed E-state index contributed by atoms with van der Waals surface area (Å²) in [5.74, 6) is 5.91. The molecule has 0 aromatic carbocycles. The highest BCUT2D eigenvalue weighted by molar-refractivity contribution is 5.59. The highest BCUT2D eigenvalue weighted by Crippen LogP contribution is 2.05. The van der Waals surface area contributed by atoms with E-state index in [1.165, 1.54) is 26.4 Å². The third-order valence-electron chi connectivity index (χ3n) is 2.01. The minimum absolute atomic E-state index is 0.460. The largest absolute Gasteiger partial charge is 0.507 e. The Morgan fingerprint density at radius 1 is 1.13 bits per heavy atom. The predicted octanol–water partition coefficient (Wildman–Crippen LogP) is 3.13. The highest BCUT2D eigenvalue weighted by atomic mass is 16.7. The topological polar surface area (TPSA) is 35.5 Å². The molecule has 0 spiro atoms. The Hall–Kier alpha value is -1.17. The standard InChI is InChI=1S/C12H20O3/c1-3-4-5-6-7-8-9-10-11-15-12(13)14-2/h5-11H2,1-2H3. The normalized spacial score (nSPS) is 8.93. The van der Waals surface area contributed by atoms with E-state index in [1.54, 1.807) is 0 Å². The number of ether oxygens (including phenoxy) is 2. The van der Waals surface area contributed by atoms with Gasteiger partial charge in [-0.2, -0.15) is 0 Å². The molecule has 0 rings (SSSR count). The molecule has 0 aliphatic heterocycles. The lowest BCUT2D eigenvalue weighted by Gasteiger charge is -2.02. The lowest BCUT2D eigenvalue weighted by molar-refractivity contribution is 0.0713. The smallest absolute Gasteiger partial charge is 0.438 e. The molecule has 0 bridgehead atoms. The van der Waals surface area contributed by atoms with Crippen molar-refractivity contribution in [2.75, 3.05) is 13.7 Å². The van der Waals surface area contributed by atoms with Crippen LogP contribution in [0, 0.1) is 11.8 Å². The summed E-state index contributed by atoms with van der Waals surface area (Å²) in [6.45, 7) is 2.32. The summed E-state index contributed by atoms with van der Waals surface area (Å²) in [6, 6.07) is 0. The zero-order valence-electron chi connectivity index (χ0n) is 9.67. The average molecular weight is 212 g/mol. The molecular weight excluding hydrogens is 192 g/mol. The molecule has 0 saturated heterocycles. The van der Waals surface area contributed by atoms with Gasteiger partial charge in [0.15, 0.2) is 0 Å². The Kier molecular flexibility index (Phi) is 10.1. The number of hydrogen-bond donors (Lipinski definition) is 0. The van der Waals surface area contributed by atoms with Gasteiger partial charge in [0, 0.05) is 6.42 Å². The van der Waals surface area contributed by atoms with E-state index in [2.05, 4.69) is 16.6 Å². The quantitative estimate of drug-likeness (QED) is 0.369. The second-order valence-electron chi connectivity index (χ2n) is 3.25. The fourth-order valence-electron chi connectivity index (χ4n) is 1.19. The van der Waals surface area contributed by atoms with Gasteiger partial charge in [-0.25, -0.2) is 4.79 Å². The van der Waals surface area contributed by atoms with E-state index < -0.39 is 6.16 Å². The minimum Gasteiger partial charge on any atom is -0.438 e. The second-order valence-corrected chi connectivity index (χ2v) is 3.25. The molecule has 0 saturated carbocycles. The van der Waals surface area contributed by atoms with Crippen molar-refractivity contribution in [3.05, 3.63) is 0 Å². The summed E-state index contributed by atoms with van der Waals surface area (Å²) in [5.41, 5.74) is 0. The molecule has 15 heavy (non-hydrogen) atoms. The zero-order valence-corrected chi connectivity index (χ0v) is 9.67. The van der Waals surface area contributed by atoms with Gasteiger partial charge in [-0.3, -0.25) is 0 Å². The maximum absolute atomic E-state index is 10.6. The SMILES string of the molecule is CC#CCCCCCCCOC(=O)OC. The predicted molar refractivity (Wildman–Crippen MR) is 59.5 cm³/mol. The minimum atomic E-state index is -0.590. The highest BCUT2D eigenvalue weighted by Gasteiger charge is 1.98. The molecule has 0 N–H and O–H groups in total. The Morgan fingerprint density at radius 3 is 2.47 bits per heavy atom. The Labute approximate surface area is 92.1 Å². The maximum Gasteiger partial charge on any atom is 0.507 e. The molecule has 0 atom stereocenters. The van der Waals surface area contributed by atoms with Crippen LogP contribution in [0.25, 0.3) is 0 Å². The van der Waals surface area contributed by atoms with Gasteiger partial charge >= 0.3 is 6.16 Å². The Balaban J connectivity index is 3.04. The molecule has 0 amide bonds. The van der Waals surface area contributed by atoms with Gasteiger partial charge in [0.05, 0.1) is 13.7 Å². The van der Waals surface area contributed by atoms with Gasteiger partial charge in [-0.05, 0) is 19.8 Å². The van der Waals surface area contributed by atoms with Crippen molar-refractivity contribution in [1.82, 2.24) is 0 Å². The van der Waals surface area contributed by atoms with Crippen LogP contribution in [0.4, 0.5) is 4.79 Å². The van der Waals surface area contributed by atoms with Crippen LogP contribution in [-0.4, -0.2) is 19.9 Å². The van der Waals surface area contributed by atoms with E-state index >= 15 is 0 Å². The second kappa shape index (κ2) is 10.9. The van der Waals surface area contributed by atoms with Crippen LogP contribution < -0.4 is 0 Å². The number of hydrogen-bond acceptors (Lipinski definition) is 3. The van der Waals surface area contributed by atoms with E-state index in [0.29, 0.717) is 6.61 Å². The van der Waals surface area contributed by atoms with Crippen LogP contribution in [-0.2, 0) is 9.47 Å². The van der Waals surface area contributed by atoms with Crippen molar-refractivity contribution in [2.45, 2.75) is 45.4 Å². The van der Waals surface area contributed by atoms with Crippen molar-refractivity contribution < 1.29 is 14.3 Å². The molecule has 0 aromatic heterocycles. The van der Waals surface area contributed by atoms with E-state index in [-0.39, 0.29) is 0 Å². The molecule has 0 radical (unpaired) electrons. The first kappa shape index (κ1) is 13.8. The van der Waals surface area contributed by atoms with Gasteiger partial charge < -0.3 is 9.47 Å². The third-order valence-corrected chi connectivity index (χ3v) is 2.01. The molecule has 3 heteroatoms. The molecule has 0 fully saturated rings. The van der Waals surface area contributed by atoms with Crippen molar-refractivity contribution in [3.8, 4) is 11.8 Å². The zero-order chi connectivity index (χ0) is 11.4. The molecule has 0 aliphatic carbocycles. The van der Waals surface area contributed by atoms with Crippen molar-refractivity contribution in [1.29, 1.82) is 0 Å². The Morgan fingerprint density at radius 2 is 1.80 bits per heavy atom. The molecule has 0 aliphatic rings. The van der Waals surface area contributed by atoms with Crippen molar-refractivity contribution in [3.63, 3.8) is 0 Å². The number of carbonyl (C=O) groups excluding carboxylic acids is 1. The average Bonchev–Trinajstić information content (AvgIpc) is 2.26. The number of methoxy groups -OCH3 is 1. The van der Waals surface area contributed by atoms with Crippen LogP contribution in [0.5, 0.6) is 0 Å². The van der Waals surface area contributed by atoms with Gasteiger partial charge in [0.25, 0.3) is 0 Å². The third kappa shape index (κ3) is 10.8. The monoisotopic (exact) mass is 212 g/mol. The van der Waals surface area contributed by atoms with E-state index in [1.807, 2.05) is 6.92 Å². The van der Waals surface area contributed by atoms with Gasteiger partial charge in [-0.1, -0.05) is 19.3 Å². The van der Waals surface area contributed by atoms with Gasteiger partial charge in [-0.15, -0.1) is 11.8 Å². The van der Waals surface area contributed by atoms with Crippen molar-refractivity contribution in [2.24, 2.45) is 0 Å². The molecule has 0 aromatic rings. The fourth-order valence-corrected chi connectivity index (χ4v) is 1.19. The summed E-state index contributed by atoms with van der Waals surface area (Å²) in [6.07, 6.45) is 5.95.